The topological polar surface area (TPSA) is 32.3 Å². The SMILES string of the molecule is CC1CN(C(=O)Cc2ccc(SC(F)(F)F)cc2)CC(C)N1. The van der Waals surface area contributed by atoms with E-state index in [1.54, 1.807) is 12.1 Å². The second-order valence-electron chi connectivity index (χ2n) is 5.64. The zero-order chi connectivity index (χ0) is 16.3. The molecule has 3 nitrogen and oxygen atoms in total. The molecule has 1 aliphatic heterocycles. The van der Waals surface area contributed by atoms with E-state index in [9.17, 15) is 18.0 Å². The number of piperazine rings is 1. The summed E-state index contributed by atoms with van der Waals surface area (Å²) in [4.78, 5) is 14.2. The summed E-state index contributed by atoms with van der Waals surface area (Å²) in [6.07, 6.45) is 0.219. The molecule has 1 N–H and O–H groups in total. The average Bonchev–Trinajstić information content (AvgIpc) is 2.38. The standard InChI is InChI=1S/C15H19F3N2OS/c1-10-8-20(9-11(2)19-10)14(21)7-12-3-5-13(6-4-12)22-15(16,17)18/h3-6,10-11,19H,7-9H2,1-2H3. The molecule has 1 amide bonds. The van der Waals surface area contributed by atoms with Crippen molar-refractivity contribution in [2.75, 3.05) is 13.1 Å². The van der Waals surface area contributed by atoms with Crippen LogP contribution in [0.25, 0.3) is 0 Å². The van der Waals surface area contributed by atoms with Crippen molar-refractivity contribution >= 4 is 17.7 Å². The quantitative estimate of drug-likeness (QED) is 0.864. The summed E-state index contributed by atoms with van der Waals surface area (Å²) >= 11 is -0.147. The number of nitrogens with one attached hydrogen (secondary N) is 1. The first-order valence-electron chi connectivity index (χ1n) is 7.11. The Morgan fingerprint density at radius 1 is 1.23 bits per heavy atom. The van der Waals surface area contributed by atoms with E-state index in [4.69, 9.17) is 0 Å². The molecule has 0 saturated carbocycles. The van der Waals surface area contributed by atoms with E-state index in [1.165, 1.54) is 12.1 Å². The lowest BCUT2D eigenvalue weighted by molar-refractivity contribution is -0.132. The molecule has 1 heterocycles. The third-order valence-electron chi connectivity index (χ3n) is 3.42. The maximum atomic E-state index is 12.3. The fraction of sp³-hybridized carbons (Fsp3) is 0.533. The van der Waals surface area contributed by atoms with Gasteiger partial charge in [0.2, 0.25) is 5.91 Å². The normalized spacial score (nSPS) is 22.7. The maximum absolute atomic E-state index is 12.3. The molecule has 22 heavy (non-hydrogen) atoms. The van der Waals surface area contributed by atoms with Gasteiger partial charge in [-0.1, -0.05) is 12.1 Å². The van der Waals surface area contributed by atoms with Crippen molar-refractivity contribution in [3.8, 4) is 0 Å². The highest BCUT2D eigenvalue weighted by molar-refractivity contribution is 8.00. The Morgan fingerprint density at radius 2 is 1.77 bits per heavy atom. The van der Waals surface area contributed by atoms with Crippen LogP contribution < -0.4 is 5.32 Å². The van der Waals surface area contributed by atoms with Gasteiger partial charge in [-0.15, -0.1) is 0 Å². The highest BCUT2D eigenvalue weighted by Gasteiger charge is 2.29. The van der Waals surface area contributed by atoms with Gasteiger partial charge in [-0.25, -0.2) is 0 Å². The van der Waals surface area contributed by atoms with Crippen LogP contribution in [0.5, 0.6) is 0 Å². The molecule has 1 aromatic rings. The van der Waals surface area contributed by atoms with E-state index >= 15 is 0 Å². The van der Waals surface area contributed by atoms with Gasteiger partial charge in [0, 0.05) is 30.1 Å². The Labute approximate surface area is 132 Å². The molecule has 2 rings (SSSR count). The smallest absolute Gasteiger partial charge is 0.339 e. The zero-order valence-electron chi connectivity index (χ0n) is 12.5. The number of rotatable bonds is 3. The highest BCUT2D eigenvalue weighted by atomic mass is 32.2. The van der Waals surface area contributed by atoms with E-state index in [0.717, 1.165) is 5.56 Å². The second-order valence-corrected chi connectivity index (χ2v) is 6.77. The number of carbonyl (C=O) groups is 1. The average molecular weight is 332 g/mol. The van der Waals surface area contributed by atoms with Gasteiger partial charge in [0.1, 0.15) is 0 Å². The molecular weight excluding hydrogens is 313 g/mol. The van der Waals surface area contributed by atoms with Crippen molar-refractivity contribution in [3.63, 3.8) is 0 Å². The van der Waals surface area contributed by atoms with E-state index in [0.29, 0.717) is 13.1 Å². The van der Waals surface area contributed by atoms with Crippen LogP contribution in [0, 0.1) is 0 Å². The molecule has 2 atom stereocenters. The largest absolute Gasteiger partial charge is 0.446 e. The Morgan fingerprint density at radius 3 is 2.27 bits per heavy atom. The third kappa shape index (κ3) is 5.21. The van der Waals surface area contributed by atoms with Crippen LogP contribution in [0.15, 0.2) is 29.2 Å². The number of hydrogen-bond donors (Lipinski definition) is 1. The first-order chi connectivity index (χ1) is 10.2. The molecule has 0 aliphatic carbocycles. The molecule has 1 fully saturated rings. The van der Waals surface area contributed by atoms with E-state index in [-0.39, 0.29) is 41.1 Å². The van der Waals surface area contributed by atoms with Gasteiger partial charge in [0.15, 0.2) is 0 Å². The van der Waals surface area contributed by atoms with Crippen LogP contribution in [-0.2, 0) is 11.2 Å². The number of thioether (sulfide) groups is 1. The van der Waals surface area contributed by atoms with Gasteiger partial charge < -0.3 is 10.2 Å². The van der Waals surface area contributed by atoms with Crippen molar-refractivity contribution in [2.24, 2.45) is 0 Å². The summed E-state index contributed by atoms with van der Waals surface area (Å²) < 4.78 is 36.8. The van der Waals surface area contributed by atoms with Crippen LogP contribution in [0.1, 0.15) is 19.4 Å². The van der Waals surface area contributed by atoms with E-state index in [1.807, 2.05) is 18.7 Å². The van der Waals surface area contributed by atoms with Crippen LogP contribution in [0.3, 0.4) is 0 Å². The number of halogens is 3. The first kappa shape index (κ1) is 17.1. The van der Waals surface area contributed by atoms with Crippen molar-refractivity contribution in [3.05, 3.63) is 29.8 Å². The molecule has 1 saturated heterocycles. The predicted octanol–water partition coefficient (Wildman–Crippen LogP) is 3.05. The minimum Gasteiger partial charge on any atom is -0.339 e. The van der Waals surface area contributed by atoms with Gasteiger partial charge in [-0.05, 0) is 43.3 Å². The number of nitrogens with zero attached hydrogens (tertiary/aromatic N) is 1. The number of carbonyl (C=O) groups excluding carboxylic acids is 1. The van der Waals surface area contributed by atoms with Crippen molar-refractivity contribution < 1.29 is 18.0 Å². The van der Waals surface area contributed by atoms with Crippen LogP contribution in [-0.4, -0.2) is 41.5 Å². The van der Waals surface area contributed by atoms with E-state index < -0.39 is 5.51 Å². The van der Waals surface area contributed by atoms with Crippen molar-refractivity contribution in [2.45, 2.75) is 42.8 Å². The Kier molecular flexibility index (Phi) is 5.39. The minimum atomic E-state index is -4.29. The summed E-state index contributed by atoms with van der Waals surface area (Å²) in [5, 5.41) is 3.35. The summed E-state index contributed by atoms with van der Waals surface area (Å²) in [7, 11) is 0. The molecule has 122 valence electrons. The molecule has 0 spiro atoms. The van der Waals surface area contributed by atoms with Gasteiger partial charge in [-0.2, -0.15) is 13.2 Å². The highest BCUT2D eigenvalue weighted by Crippen LogP contribution is 2.36. The fourth-order valence-electron chi connectivity index (χ4n) is 2.63. The molecule has 7 heteroatoms. The second kappa shape index (κ2) is 6.91. The summed E-state index contributed by atoms with van der Waals surface area (Å²) in [5.41, 5.74) is -3.56. The number of alkyl halides is 3. The van der Waals surface area contributed by atoms with Crippen LogP contribution in [0.4, 0.5) is 13.2 Å². The summed E-state index contributed by atoms with van der Waals surface area (Å²) in [6.45, 7) is 5.37. The summed E-state index contributed by atoms with van der Waals surface area (Å²) in [5.74, 6) is 0.0106. The minimum absolute atomic E-state index is 0.0106. The lowest BCUT2D eigenvalue weighted by Gasteiger charge is -2.36. The summed E-state index contributed by atoms with van der Waals surface area (Å²) in [6, 6.07) is 6.48. The molecule has 0 radical (unpaired) electrons. The third-order valence-corrected chi connectivity index (χ3v) is 4.16. The van der Waals surface area contributed by atoms with Crippen LogP contribution in [0.2, 0.25) is 0 Å². The van der Waals surface area contributed by atoms with Gasteiger partial charge in [-0.3, -0.25) is 4.79 Å². The van der Waals surface area contributed by atoms with E-state index in [2.05, 4.69) is 5.32 Å². The number of hydrogen-bond acceptors (Lipinski definition) is 3. The van der Waals surface area contributed by atoms with Crippen LogP contribution >= 0.6 is 11.8 Å². The Bertz CT molecular complexity index is 509. The first-order valence-corrected chi connectivity index (χ1v) is 7.93. The predicted molar refractivity (Wildman–Crippen MR) is 80.7 cm³/mol. The van der Waals surface area contributed by atoms with Crippen molar-refractivity contribution in [1.82, 2.24) is 10.2 Å². The molecule has 1 aromatic carbocycles. The van der Waals surface area contributed by atoms with Gasteiger partial charge in [0.25, 0.3) is 0 Å². The fourth-order valence-corrected chi connectivity index (χ4v) is 3.17. The van der Waals surface area contributed by atoms with Gasteiger partial charge in [0.05, 0.1) is 6.42 Å². The number of benzene rings is 1. The van der Waals surface area contributed by atoms with Gasteiger partial charge >= 0.3 is 5.51 Å². The lowest BCUT2D eigenvalue weighted by atomic mass is 10.1. The van der Waals surface area contributed by atoms with Crippen molar-refractivity contribution in [1.29, 1.82) is 0 Å². The molecular formula is C15H19F3N2OS. The Hall–Kier alpha value is -1.21. The Balaban J connectivity index is 1.94. The molecule has 0 bridgehead atoms. The zero-order valence-corrected chi connectivity index (χ0v) is 13.3. The maximum Gasteiger partial charge on any atom is 0.446 e. The number of amides is 1. The molecule has 0 aromatic heterocycles. The molecule has 2 unspecified atom stereocenters. The lowest BCUT2D eigenvalue weighted by Crippen LogP contribution is -2.56. The molecule has 1 aliphatic rings. The monoisotopic (exact) mass is 332 g/mol.